The fraction of sp³-hybridized carbons (Fsp3) is 0.0588. The first-order valence-electron chi connectivity index (χ1n) is 6.64. The van der Waals surface area contributed by atoms with Crippen molar-refractivity contribution in [3.05, 3.63) is 64.1 Å². The van der Waals surface area contributed by atoms with Crippen LogP contribution in [0.15, 0.2) is 48.5 Å². The van der Waals surface area contributed by atoms with Crippen LogP contribution in [-0.4, -0.2) is 40.5 Å². The molecule has 0 atom stereocenters. The molecule has 23 heavy (non-hydrogen) atoms. The molecule has 0 N–H and O–H groups in total. The topological polar surface area (TPSA) is 53.0 Å². The summed E-state index contributed by atoms with van der Waals surface area (Å²) in [6.07, 6.45) is 1.63. The number of rotatable bonds is 4. The van der Waals surface area contributed by atoms with Crippen molar-refractivity contribution in [1.82, 2.24) is 4.98 Å². The summed E-state index contributed by atoms with van der Waals surface area (Å²) in [5, 5.41) is 12.4. The summed E-state index contributed by atoms with van der Waals surface area (Å²) in [5.74, 6) is -1.13. The number of hydrogen-bond acceptors (Lipinski definition) is 4. The van der Waals surface area contributed by atoms with Gasteiger partial charge in [-0.3, -0.25) is 0 Å². The Bertz CT molecular complexity index is 825. The molecule has 0 saturated heterocycles. The van der Waals surface area contributed by atoms with Gasteiger partial charge in [0, 0.05) is 47.0 Å². The smallest absolute Gasteiger partial charge is 0.120 e. The molecule has 0 saturated carbocycles. The maximum atomic E-state index is 11.0. The molecule has 0 bridgehead atoms. The van der Waals surface area contributed by atoms with E-state index in [1.165, 1.54) is 11.3 Å². The number of aromatic nitrogens is 1. The van der Waals surface area contributed by atoms with Crippen LogP contribution in [0.5, 0.6) is 0 Å². The molecule has 0 fully saturated rings. The Morgan fingerprint density at radius 2 is 1.87 bits per heavy atom. The van der Waals surface area contributed by atoms with Gasteiger partial charge in [0.2, 0.25) is 0 Å². The van der Waals surface area contributed by atoms with E-state index in [9.17, 15) is 9.90 Å². The molecule has 0 unspecified atom stereocenters. The summed E-state index contributed by atoms with van der Waals surface area (Å²) in [7, 11) is 0. The van der Waals surface area contributed by atoms with Crippen molar-refractivity contribution < 1.29 is 9.90 Å². The van der Waals surface area contributed by atoms with E-state index < -0.39 is 5.97 Å². The third-order valence-corrected chi connectivity index (χ3v) is 4.48. The standard InChI is InChI=1S/C17H12ClNO2S.Na/c18-13-7-5-11(6-8-13)9-12(10-16(20)21)17-19-14-3-1-2-4-15(14)22-17;/h1-9H,10H2,(H,20,21);/p-1/b12-9+;. The molecule has 1 aromatic heterocycles. The molecule has 1 heterocycles. The van der Waals surface area contributed by atoms with E-state index in [0.717, 1.165) is 15.8 Å². The first-order valence-corrected chi connectivity index (χ1v) is 7.83. The van der Waals surface area contributed by atoms with E-state index in [4.69, 9.17) is 11.6 Å². The van der Waals surface area contributed by atoms with Gasteiger partial charge in [-0.1, -0.05) is 35.9 Å². The van der Waals surface area contributed by atoms with Crippen LogP contribution in [-0.2, 0) is 4.79 Å². The summed E-state index contributed by atoms with van der Waals surface area (Å²) in [6.45, 7) is 0. The molecule has 0 amide bonds. The Hall–Kier alpha value is -1.17. The number of fused-ring (bicyclic) bond motifs is 1. The van der Waals surface area contributed by atoms with Crippen molar-refractivity contribution in [3.8, 4) is 0 Å². The number of carbonyl (C=O) groups excluding carboxylic acids is 1. The number of carbonyl (C=O) groups is 1. The van der Waals surface area contributed by atoms with Crippen molar-refractivity contribution >= 4 is 80.3 Å². The predicted molar refractivity (Wildman–Crippen MR) is 94.3 cm³/mol. The molecule has 6 heteroatoms. The fourth-order valence-corrected chi connectivity index (χ4v) is 3.22. The number of para-hydroxylation sites is 1. The van der Waals surface area contributed by atoms with E-state index in [2.05, 4.69) is 4.98 Å². The maximum Gasteiger partial charge on any atom is 0.120 e. The average molecular weight is 352 g/mol. The molecule has 3 nitrogen and oxygen atoms in total. The number of thiazole rings is 1. The number of hydrogen-bond donors (Lipinski definition) is 0. The van der Waals surface area contributed by atoms with Gasteiger partial charge in [-0.25, -0.2) is 4.98 Å². The minimum Gasteiger partial charge on any atom is -0.550 e. The van der Waals surface area contributed by atoms with E-state index in [1.54, 1.807) is 12.1 Å². The third-order valence-electron chi connectivity index (χ3n) is 3.11. The number of carboxylic acid groups (broad SMARTS) is 1. The number of aliphatic carboxylic acids is 1. The maximum absolute atomic E-state index is 11.0. The largest absolute Gasteiger partial charge is 0.550 e. The molecule has 3 aromatic rings. The normalized spacial score (nSPS) is 11.3. The molecule has 0 aliphatic heterocycles. The van der Waals surface area contributed by atoms with E-state index >= 15 is 0 Å². The molecule has 111 valence electrons. The fourth-order valence-electron chi connectivity index (χ4n) is 2.11. The van der Waals surface area contributed by atoms with E-state index in [-0.39, 0.29) is 36.0 Å². The van der Waals surface area contributed by atoms with Crippen molar-refractivity contribution in [1.29, 1.82) is 0 Å². The number of halogens is 1. The van der Waals surface area contributed by atoms with Crippen LogP contribution in [0.4, 0.5) is 0 Å². The van der Waals surface area contributed by atoms with Gasteiger partial charge in [0.15, 0.2) is 0 Å². The SMILES string of the molecule is O=C([O-])C/C(=C\c1ccc(Cl)cc1)c1nc2ccccc2s1.[Na]. The van der Waals surface area contributed by atoms with Crippen LogP contribution in [0, 0.1) is 0 Å². The molecule has 2 aromatic carbocycles. The van der Waals surface area contributed by atoms with Crippen molar-refractivity contribution in [2.75, 3.05) is 0 Å². The van der Waals surface area contributed by atoms with Gasteiger partial charge in [-0.15, -0.1) is 11.3 Å². The molecular weight excluding hydrogens is 341 g/mol. The Kier molecular flexibility index (Phi) is 6.39. The average Bonchev–Trinajstić information content (AvgIpc) is 2.92. The molecular formula is C17H11ClNNaO2S-. The first kappa shape index (κ1) is 18.2. The second kappa shape index (κ2) is 8.08. The molecule has 3 rings (SSSR count). The van der Waals surface area contributed by atoms with Gasteiger partial charge < -0.3 is 9.90 Å². The second-order valence-electron chi connectivity index (χ2n) is 4.76. The number of benzene rings is 2. The van der Waals surface area contributed by atoms with Gasteiger partial charge in [-0.2, -0.15) is 0 Å². The van der Waals surface area contributed by atoms with Gasteiger partial charge in [0.1, 0.15) is 5.01 Å². The molecule has 0 aliphatic rings. The van der Waals surface area contributed by atoms with Crippen molar-refractivity contribution in [2.24, 2.45) is 0 Å². The quantitative estimate of drug-likeness (QED) is 0.678. The molecule has 0 aliphatic carbocycles. The molecule has 1 radical (unpaired) electrons. The summed E-state index contributed by atoms with van der Waals surface area (Å²) < 4.78 is 1.03. The van der Waals surface area contributed by atoms with Crippen LogP contribution in [0.25, 0.3) is 21.9 Å². The van der Waals surface area contributed by atoms with Crippen molar-refractivity contribution in [3.63, 3.8) is 0 Å². The Labute approximate surface area is 164 Å². The van der Waals surface area contributed by atoms with E-state index in [0.29, 0.717) is 15.6 Å². The zero-order valence-corrected chi connectivity index (χ0v) is 16.0. The Balaban J connectivity index is 0.00000192. The molecule has 0 spiro atoms. The van der Waals surface area contributed by atoms with Gasteiger partial charge >= 0.3 is 0 Å². The number of carboxylic acids is 1. The Morgan fingerprint density at radius 1 is 1.17 bits per heavy atom. The zero-order chi connectivity index (χ0) is 15.5. The van der Waals surface area contributed by atoms with Crippen LogP contribution in [0.3, 0.4) is 0 Å². The second-order valence-corrected chi connectivity index (χ2v) is 6.22. The summed E-state index contributed by atoms with van der Waals surface area (Å²) >= 11 is 7.34. The van der Waals surface area contributed by atoms with Crippen LogP contribution in [0.1, 0.15) is 17.0 Å². The Morgan fingerprint density at radius 3 is 2.52 bits per heavy atom. The zero-order valence-electron chi connectivity index (χ0n) is 12.5. The van der Waals surface area contributed by atoms with Crippen LogP contribution < -0.4 is 5.11 Å². The summed E-state index contributed by atoms with van der Waals surface area (Å²) in [4.78, 5) is 15.6. The van der Waals surface area contributed by atoms with Gasteiger partial charge in [-0.05, 0) is 41.5 Å². The van der Waals surface area contributed by atoms with Crippen LogP contribution >= 0.6 is 22.9 Å². The third kappa shape index (κ3) is 4.66. The van der Waals surface area contributed by atoms with E-state index in [1.807, 2.05) is 42.5 Å². The number of nitrogens with zero attached hydrogens (tertiary/aromatic N) is 1. The first-order chi connectivity index (χ1) is 10.6. The van der Waals surface area contributed by atoms with Gasteiger partial charge in [0.05, 0.1) is 10.2 Å². The summed E-state index contributed by atoms with van der Waals surface area (Å²) in [6, 6.07) is 14.9. The van der Waals surface area contributed by atoms with Crippen molar-refractivity contribution in [2.45, 2.75) is 6.42 Å². The summed E-state index contributed by atoms with van der Waals surface area (Å²) in [5.41, 5.74) is 2.37. The minimum absolute atomic E-state index is 0. The predicted octanol–water partition coefficient (Wildman–Crippen LogP) is 3.25. The van der Waals surface area contributed by atoms with Crippen LogP contribution in [0.2, 0.25) is 5.02 Å². The van der Waals surface area contributed by atoms with Gasteiger partial charge in [0.25, 0.3) is 0 Å². The monoisotopic (exact) mass is 351 g/mol. The minimum atomic E-state index is -1.13.